The standard InChI is InChI=1S/C26H38N2O5S/c1-5-10-17(4)27-13-9-12-26-21(20-19(34-26)11-7-6-8-14-33-25(20)32)23(30)28(22(26)24(27)31)18(15-29)16(2)3/h7,9,11-12,16-22,29H,5-6,8,10,13-15H2,1-4H3/b11-7-/t17?,18-,19-,20+,21-,22?,26-/m0/s1. The van der Waals surface area contributed by atoms with Crippen LogP contribution in [-0.2, 0) is 19.1 Å². The Kier molecular flexibility index (Phi) is 7.48. The number of cyclic esters (lactones) is 1. The van der Waals surface area contributed by atoms with Crippen LogP contribution < -0.4 is 0 Å². The number of carbonyl (C=O) groups is 3. The molecule has 34 heavy (non-hydrogen) atoms. The van der Waals surface area contributed by atoms with E-state index in [1.54, 1.807) is 16.7 Å². The second-order valence-electron chi connectivity index (χ2n) is 10.4. The summed E-state index contributed by atoms with van der Waals surface area (Å²) in [5.41, 5.74) is 0. The van der Waals surface area contributed by atoms with Crippen LogP contribution in [0, 0.1) is 17.8 Å². The first kappa shape index (κ1) is 25.3. The summed E-state index contributed by atoms with van der Waals surface area (Å²) in [6.07, 6.45) is 11.5. The number of ether oxygens (including phenoxy) is 1. The molecule has 1 spiro atoms. The summed E-state index contributed by atoms with van der Waals surface area (Å²) in [5, 5.41) is 10.1. The van der Waals surface area contributed by atoms with Crippen LogP contribution in [0.1, 0.15) is 53.4 Å². The van der Waals surface area contributed by atoms with Crippen LogP contribution in [0.15, 0.2) is 24.3 Å². The van der Waals surface area contributed by atoms with Gasteiger partial charge in [-0.1, -0.05) is 51.5 Å². The van der Waals surface area contributed by atoms with Gasteiger partial charge in [-0.2, -0.15) is 0 Å². The molecule has 4 rings (SSSR count). The fourth-order valence-corrected chi connectivity index (χ4v) is 8.15. The number of thioether (sulfide) groups is 1. The smallest absolute Gasteiger partial charge is 0.311 e. The molecule has 7 atom stereocenters. The van der Waals surface area contributed by atoms with Crippen molar-refractivity contribution < 1.29 is 24.2 Å². The summed E-state index contributed by atoms with van der Waals surface area (Å²) in [4.78, 5) is 45.1. The molecule has 2 fully saturated rings. The molecular formula is C26H38N2O5S. The number of allylic oxidation sites excluding steroid dienone is 1. The minimum Gasteiger partial charge on any atom is -0.465 e. The summed E-state index contributed by atoms with van der Waals surface area (Å²) in [6, 6.07) is -1.22. The van der Waals surface area contributed by atoms with Crippen molar-refractivity contribution in [2.24, 2.45) is 17.8 Å². The molecule has 7 nitrogen and oxygen atoms in total. The minimum atomic E-state index is -0.866. The number of hydrogen-bond donors (Lipinski definition) is 1. The van der Waals surface area contributed by atoms with Crippen molar-refractivity contribution in [2.75, 3.05) is 19.8 Å². The molecule has 0 radical (unpaired) electrons. The van der Waals surface area contributed by atoms with Gasteiger partial charge < -0.3 is 19.6 Å². The minimum absolute atomic E-state index is 0.0355. The van der Waals surface area contributed by atoms with Crippen LogP contribution in [0.5, 0.6) is 0 Å². The third-order valence-electron chi connectivity index (χ3n) is 7.87. The first-order valence-electron chi connectivity index (χ1n) is 12.7. The fraction of sp³-hybridized carbons (Fsp3) is 0.731. The van der Waals surface area contributed by atoms with Crippen molar-refractivity contribution in [3.05, 3.63) is 24.3 Å². The number of nitrogens with zero attached hydrogens (tertiary/aromatic N) is 2. The lowest BCUT2D eigenvalue weighted by molar-refractivity contribution is -0.154. The summed E-state index contributed by atoms with van der Waals surface area (Å²) < 4.78 is 4.73. The Bertz CT molecular complexity index is 873. The SMILES string of the molecule is CCCC(C)N1CC=C[C@]23S[C@H]4/C=C\CCCOC(=O)[C@H]4[C@H]2C(=O)N([C@@H](CO)C(C)C)C3C1=O. The predicted molar refractivity (Wildman–Crippen MR) is 132 cm³/mol. The maximum absolute atomic E-state index is 14.2. The van der Waals surface area contributed by atoms with Crippen LogP contribution in [0.4, 0.5) is 0 Å². The number of hydrogen-bond acceptors (Lipinski definition) is 6. The van der Waals surface area contributed by atoms with E-state index < -0.39 is 28.7 Å². The average molecular weight is 491 g/mol. The lowest BCUT2D eigenvalue weighted by Crippen LogP contribution is -2.58. The van der Waals surface area contributed by atoms with E-state index in [2.05, 4.69) is 19.9 Å². The third-order valence-corrected chi connectivity index (χ3v) is 9.62. The maximum Gasteiger partial charge on any atom is 0.311 e. The van der Waals surface area contributed by atoms with Crippen LogP contribution in [0.2, 0.25) is 0 Å². The van der Waals surface area contributed by atoms with Gasteiger partial charge in [0.25, 0.3) is 0 Å². The molecule has 0 aromatic heterocycles. The first-order chi connectivity index (χ1) is 16.3. The van der Waals surface area contributed by atoms with E-state index in [1.807, 2.05) is 37.0 Å². The monoisotopic (exact) mass is 490 g/mol. The Hall–Kier alpha value is -1.80. The van der Waals surface area contributed by atoms with Gasteiger partial charge >= 0.3 is 5.97 Å². The molecule has 188 valence electrons. The highest BCUT2D eigenvalue weighted by Gasteiger charge is 2.71. The Morgan fingerprint density at radius 3 is 2.65 bits per heavy atom. The van der Waals surface area contributed by atoms with E-state index in [0.717, 1.165) is 25.7 Å². The number of likely N-dealkylation sites (tertiary alicyclic amines) is 1. The molecule has 0 saturated carbocycles. The zero-order valence-electron chi connectivity index (χ0n) is 20.7. The largest absolute Gasteiger partial charge is 0.465 e. The number of aliphatic hydroxyl groups excluding tert-OH is 1. The zero-order valence-corrected chi connectivity index (χ0v) is 21.5. The normalized spacial score (nSPS) is 36.1. The van der Waals surface area contributed by atoms with Crippen molar-refractivity contribution in [1.82, 2.24) is 9.80 Å². The highest BCUT2D eigenvalue weighted by Crippen LogP contribution is 2.61. The van der Waals surface area contributed by atoms with Gasteiger partial charge in [0.05, 0.1) is 35.8 Å². The molecule has 0 aromatic rings. The molecule has 2 saturated heterocycles. The van der Waals surface area contributed by atoms with Gasteiger partial charge in [-0.05, 0) is 32.1 Å². The third kappa shape index (κ3) is 4.00. The molecule has 4 heterocycles. The molecule has 1 N–H and O–H groups in total. The second kappa shape index (κ2) is 10.1. The number of aliphatic hydroxyl groups is 1. The maximum atomic E-state index is 14.2. The number of rotatable bonds is 6. The van der Waals surface area contributed by atoms with Gasteiger partial charge in [-0.25, -0.2) is 0 Å². The van der Waals surface area contributed by atoms with E-state index in [-0.39, 0.29) is 41.6 Å². The molecule has 2 amide bonds. The second-order valence-corrected chi connectivity index (χ2v) is 11.8. The topological polar surface area (TPSA) is 87.2 Å². The number of esters is 1. The van der Waals surface area contributed by atoms with Crippen molar-refractivity contribution >= 4 is 29.5 Å². The fourth-order valence-electron chi connectivity index (χ4n) is 6.16. The van der Waals surface area contributed by atoms with Crippen LogP contribution in [-0.4, -0.2) is 80.6 Å². The molecule has 8 heteroatoms. The van der Waals surface area contributed by atoms with Crippen LogP contribution in [0.3, 0.4) is 0 Å². The number of carbonyl (C=O) groups excluding carboxylic acids is 3. The summed E-state index contributed by atoms with van der Waals surface area (Å²) >= 11 is 1.56. The van der Waals surface area contributed by atoms with Crippen molar-refractivity contribution in [1.29, 1.82) is 0 Å². The Labute approximate surface area is 206 Å². The number of fused-ring (bicyclic) bond motifs is 2. The first-order valence-corrected chi connectivity index (χ1v) is 13.6. The van der Waals surface area contributed by atoms with Crippen LogP contribution >= 0.6 is 11.8 Å². The van der Waals surface area contributed by atoms with Gasteiger partial charge in [-0.15, -0.1) is 11.8 Å². The van der Waals surface area contributed by atoms with E-state index >= 15 is 0 Å². The van der Waals surface area contributed by atoms with E-state index in [9.17, 15) is 19.5 Å². The zero-order chi connectivity index (χ0) is 24.6. The Balaban J connectivity index is 1.85. The van der Waals surface area contributed by atoms with Gasteiger partial charge in [0, 0.05) is 17.8 Å². The number of amides is 2. The van der Waals surface area contributed by atoms with Gasteiger partial charge in [0.2, 0.25) is 11.8 Å². The lowest BCUT2D eigenvalue weighted by Gasteiger charge is -2.41. The Morgan fingerprint density at radius 2 is 1.97 bits per heavy atom. The molecule has 0 aliphatic carbocycles. The molecule has 2 unspecified atom stereocenters. The summed E-state index contributed by atoms with van der Waals surface area (Å²) in [6.45, 7) is 8.65. The van der Waals surface area contributed by atoms with Crippen molar-refractivity contribution in [3.8, 4) is 0 Å². The highest BCUT2D eigenvalue weighted by molar-refractivity contribution is 8.02. The predicted octanol–water partition coefficient (Wildman–Crippen LogP) is 2.78. The lowest BCUT2D eigenvalue weighted by atomic mass is 9.78. The Morgan fingerprint density at radius 1 is 1.21 bits per heavy atom. The van der Waals surface area contributed by atoms with E-state index in [1.165, 1.54) is 0 Å². The molecule has 4 aliphatic heterocycles. The summed E-state index contributed by atoms with van der Waals surface area (Å²) in [5.74, 6) is -2.05. The molecule has 0 bridgehead atoms. The van der Waals surface area contributed by atoms with Gasteiger partial charge in [0.15, 0.2) is 0 Å². The van der Waals surface area contributed by atoms with E-state index in [4.69, 9.17) is 4.74 Å². The van der Waals surface area contributed by atoms with Gasteiger partial charge in [-0.3, -0.25) is 14.4 Å². The van der Waals surface area contributed by atoms with Crippen LogP contribution in [0.25, 0.3) is 0 Å². The highest BCUT2D eigenvalue weighted by atomic mass is 32.2. The van der Waals surface area contributed by atoms with Crippen molar-refractivity contribution in [3.63, 3.8) is 0 Å². The van der Waals surface area contributed by atoms with E-state index in [0.29, 0.717) is 13.2 Å². The molecule has 4 aliphatic rings. The van der Waals surface area contributed by atoms with Crippen molar-refractivity contribution in [2.45, 2.75) is 81.5 Å². The quantitative estimate of drug-likeness (QED) is 0.455. The average Bonchev–Trinajstić information content (AvgIpc) is 3.19. The molecule has 0 aromatic carbocycles. The summed E-state index contributed by atoms with van der Waals surface area (Å²) in [7, 11) is 0. The van der Waals surface area contributed by atoms with Gasteiger partial charge in [0.1, 0.15) is 6.04 Å². The molecular weight excluding hydrogens is 452 g/mol.